The van der Waals surface area contributed by atoms with E-state index in [2.05, 4.69) is 10.3 Å². The van der Waals surface area contributed by atoms with Crippen LogP contribution in [-0.4, -0.2) is 10.9 Å². The lowest BCUT2D eigenvalue weighted by atomic mass is 10.1. The number of anilines is 1. The maximum atomic E-state index is 12.6. The standard InChI is InChI=1S/C29H23ClN2O3/c1-17-4-11-24-27(14-17)35-29(32-24)21-8-6-19(3)25(16-21)31-28(33)13-10-22-9-12-26(34-22)20-7-5-18(2)23(30)15-20/h4-16H,1-3H3,(H,31,33). The van der Waals surface area contributed by atoms with Gasteiger partial charge in [0.2, 0.25) is 11.8 Å². The van der Waals surface area contributed by atoms with E-state index < -0.39 is 0 Å². The van der Waals surface area contributed by atoms with Gasteiger partial charge in [0.25, 0.3) is 0 Å². The van der Waals surface area contributed by atoms with Crippen LogP contribution in [0.1, 0.15) is 22.5 Å². The second-order valence-electron chi connectivity index (χ2n) is 8.51. The molecule has 5 nitrogen and oxygen atoms in total. The van der Waals surface area contributed by atoms with Crippen molar-refractivity contribution in [1.82, 2.24) is 4.98 Å². The van der Waals surface area contributed by atoms with Crippen LogP contribution >= 0.6 is 11.6 Å². The van der Waals surface area contributed by atoms with E-state index in [1.807, 2.05) is 87.5 Å². The van der Waals surface area contributed by atoms with Gasteiger partial charge in [0.1, 0.15) is 17.0 Å². The Morgan fingerprint density at radius 2 is 1.69 bits per heavy atom. The van der Waals surface area contributed by atoms with Crippen LogP contribution < -0.4 is 5.32 Å². The average Bonchev–Trinajstić information content (AvgIpc) is 3.48. The molecule has 0 aliphatic carbocycles. The summed E-state index contributed by atoms with van der Waals surface area (Å²) < 4.78 is 11.8. The first-order valence-corrected chi connectivity index (χ1v) is 11.6. The molecule has 0 atom stereocenters. The Labute approximate surface area is 208 Å². The average molecular weight is 483 g/mol. The minimum atomic E-state index is -0.269. The third kappa shape index (κ3) is 4.91. The number of nitrogens with zero attached hydrogens (tertiary/aromatic N) is 1. The lowest BCUT2D eigenvalue weighted by molar-refractivity contribution is -0.111. The predicted molar refractivity (Wildman–Crippen MR) is 140 cm³/mol. The Kier molecular flexibility index (Phi) is 6.01. The topological polar surface area (TPSA) is 68.3 Å². The van der Waals surface area contributed by atoms with Crippen molar-refractivity contribution >= 4 is 40.4 Å². The van der Waals surface area contributed by atoms with Gasteiger partial charge in [-0.15, -0.1) is 0 Å². The van der Waals surface area contributed by atoms with Gasteiger partial charge in [-0.05, 0) is 86.0 Å². The van der Waals surface area contributed by atoms with Crippen molar-refractivity contribution in [3.05, 3.63) is 100 Å². The largest absolute Gasteiger partial charge is 0.457 e. The second kappa shape index (κ2) is 9.28. The molecular weight excluding hydrogens is 460 g/mol. The van der Waals surface area contributed by atoms with Gasteiger partial charge in [-0.3, -0.25) is 4.79 Å². The molecule has 0 unspecified atom stereocenters. The summed E-state index contributed by atoms with van der Waals surface area (Å²) in [6, 6.07) is 21.1. The van der Waals surface area contributed by atoms with Crippen LogP contribution in [0, 0.1) is 20.8 Å². The first-order chi connectivity index (χ1) is 16.9. The third-order valence-corrected chi connectivity index (χ3v) is 6.18. The number of benzene rings is 3. The first kappa shape index (κ1) is 22.7. The number of carbonyl (C=O) groups excluding carboxylic acids is 1. The Balaban J connectivity index is 1.31. The van der Waals surface area contributed by atoms with Gasteiger partial charge in [0.15, 0.2) is 5.58 Å². The number of hydrogen-bond acceptors (Lipinski definition) is 4. The number of aromatic nitrogens is 1. The highest BCUT2D eigenvalue weighted by atomic mass is 35.5. The molecule has 2 heterocycles. The van der Waals surface area contributed by atoms with Crippen molar-refractivity contribution < 1.29 is 13.6 Å². The highest BCUT2D eigenvalue weighted by Gasteiger charge is 2.11. The summed E-state index contributed by atoms with van der Waals surface area (Å²) in [4.78, 5) is 17.2. The van der Waals surface area contributed by atoms with Crippen molar-refractivity contribution in [1.29, 1.82) is 0 Å². The maximum Gasteiger partial charge on any atom is 0.248 e. The number of amides is 1. The lowest BCUT2D eigenvalue weighted by Crippen LogP contribution is -2.09. The fourth-order valence-corrected chi connectivity index (χ4v) is 3.90. The van der Waals surface area contributed by atoms with Crippen LogP contribution in [0.2, 0.25) is 5.02 Å². The van der Waals surface area contributed by atoms with Crippen LogP contribution in [0.25, 0.3) is 40.0 Å². The number of halogens is 1. The Bertz CT molecular complexity index is 1590. The highest BCUT2D eigenvalue weighted by Crippen LogP contribution is 2.29. The molecule has 0 fully saturated rings. The van der Waals surface area contributed by atoms with Gasteiger partial charge in [0, 0.05) is 27.9 Å². The summed E-state index contributed by atoms with van der Waals surface area (Å²) in [6.45, 7) is 5.90. The molecular formula is C29H23ClN2O3. The Morgan fingerprint density at radius 3 is 2.51 bits per heavy atom. The van der Waals surface area contributed by atoms with E-state index in [-0.39, 0.29) is 5.91 Å². The summed E-state index contributed by atoms with van der Waals surface area (Å²) in [5, 5.41) is 3.61. The predicted octanol–water partition coefficient (Wildman–Crippen LogP) is 7.99. The number of hydrogen-bond donors (Lipinski definition) is 1. The number of carbonyl (C=O) groups is 1. The molecule has 0 saturated heterocycles. The summed E-state index contributed by atoms with van der Waals surface area (Å²) in [5.74, 6) is 1.49. The SMILES string of the molecule is Cc1ccc2nc(-c3ccc(C)c(NC(=O)C=Cc4ccc(-c5ccc(C)c(Cl)c5)o4)c3)oc2c1. The van der Waals surface area contributed by atoms with E-state index in [0.29, 0.717) is 28.1 Å². The fourth-order valence-electron chi connectivity index (χ4n) is 3.72. The molecule has 35 heavy (non-hydrogen) atoms. The van der Waals surface area contributed by atoms with Crippen LogP contribution in [0.3, 0.4) is 0 Å². The molecule has 3 aromatic carbocycles. The minimum absolute atomic E-state index is 0.269. The molecule has 0 radical (unpaired) electrons. The number of fused-ring (bicyclic) bond motifs is 1. The molecule has 6 heteroatoms. The molecule has 0 aliphatic rings. The van der Waals surface area contributed by atoms with Crippen molar-refractivity contribution in [3.63, 3.8) is 0 Å². The summed E-state index contributed by atoms with van der Waals surface area (Å²) in [5.41, 5.74) is 6.93. The van der Waals surface area contributed by atoms with Crippen LogP contribution in [0.5, 0.6) is 0 Å². The van der Waals surface area contributed by atoms with E-state index in [1.165, 1.54) is 6.08 Å². The highest BCUT2D eigenvalue weighted by molar-refractivity contribution is 6.31. The van der Waals surface area contributed by atoms with Gasteiger partial charge in [0.05, 0.1) is 0 Å². The summed E-state index contributed by atoms with van der Waals surface area (Å²) in [7, 11) is 0. The first-order valence-electron chi connectivity index (χ1n) is 11.2. The van der Waals surface area contributed by atoms with Crippen molar-refractivity contribution in [3.8, 4) is 22.8 Å². The summed E-state index contributed by atoms with van der Waals surface area (Å²) in [6.07, 6.45) is 3.08. The normalized spacial score (nSPS) is 11.4. The molecule has 1 N–H and O–H groups in total. The molecule has 0 saturated carbocycles. The van der Waals surface area contributed by atoms with E-state index in [4.69, 9.17) is 20.4 Å². The number of nitrogens with one attached hydrogen (secondary N) is 1. The molecule has 1 amide bonds. The molecule has 0 spiro atoms. The molecule has 5 aromatic rings. The number of furan rings is 1. The van der Waals surface area contributed by atoms with Crippen LogP contribution in [-0.2, 0) is 4.79 Å². The van der Waals surface area contributed by atoms with E-state index in [0.717, 1.165) is 38.9 Å². The summed E-state index contributed by atoms with van der Waals surface area (Å²) >= 11 is 6.22. The second-order valence-corrected chi connectivity index (χ2v) is 8.92. The molecule has 0 bridgehead atoms. The van der Waals surface area contributed by atoms with Gasteiger partial charge >= 0.3 is 0 Å². The van der Waals surface area contributed by atoms with Gasteiger partial charge in [-0.25, -0.2) is 4.98 Å². The monoisotopic (exact) mass is 482 g/mol. The third-order valence-electron chi connectivity index (χ3n) is 5.77. The Hall–Kier alpha value is -4.09. The molecule has 0 aliphatic heterocycles. The van der Waals surface area contributed by atoms with Gasteiger partial charge < -0.3 is 14.2 Å². The fraction of sp³-hybridized carbons (Fsp3) is 0.103. The maximum absolute atomic E-state index is 12.6. The number of aryl methyl sites for hydroxylation is 3. The number of oxazole rings is 1. The van der Waals surface area contributed by atoms with Gasteiger partial charge in [-0.2, -0.15) is 0 Å². The zero-order chi connectivity index (χ0) is 24.5. The molecule has 5 rings (SSSR count). The number of rotatable bonds is 5. The van der Waals surface area contributed by atoms with E-state index in [9.17, 15) is 4.79 Å². The van der Waals surface area contributed by atoms with Crippen LogP contribution in [0.15, 0.2) is 81.6 Å². The van der Waals surface area contributed by atoms with Crippen molar-refractivity contribution in [2.24, 2.45) is 0 Å². The zero-order valence-corrected chi connectivity index (χ0v) is 20.3. The van der Waals surface area contributed by atoms with E-state index >= 15 is 0 Å². The lowest BCUT2D eigenvalue weighted by Gasteiger charge is -2.07. The molecule has 2 aromatic heterocycles. The van der Waals surface area contributed by atoms with Gasteiger partial charge in [-0.1, -0.05) is 35.9 Å². The smallest absolute Gasteiger partial charge is 0.248 e. The quantitative estimate of drug-likeness (QED) is 0.258. The minimum Gasteiger partial charge on any atom is -0.457 e. The molecule has 174 valence electrons. The van der Waals surface area contributed by atoms with Crippen molar-refractivity contribution in [2.75, 3.05) is 5.32 Å². The van der Waals surface area contributed by atoms with Crippen molar-refractivity contribution in [2.45, 2.75) is 20.8 Å². The zero-order valence-electron chi connectivity index (χ0n) is 19.6. The Morgan fingerprint density at radius 1 is 0.886 bits per heavy atom. The van der Waals surface area contributed by atoms with Crippen LogP contribution in [0.4, 0.5) is 5.69 Å². The van der Waals surface area contributed by atoms with E-state index in [1.54, 1.807) is 6.08 Å².